The largest absolute Gasteiger partial charge is 0.524 e. The zero-order chi connectivity index (χ0) is 26.7. The molecule has 7 N–H and O–H groups in total. The molecule has 3 rings (SSSR count). The van der Waals surface area contributed by atoms with Crippen LogP contribution in [0.25, 0.3) is 0 Å². The van der Waals surface area contributed by atoms with Gasteiger partial charge in [0.2, 0.25) is 5.91 Å². The van der Waals surface area contributed by atoms with E-state index in [1.165, 1.54) is 6.07 Å². The predicted molar refractivity (Wildman–Crippen MR) is 123 cm³/mol. The molecule has 2 aromatic rings. The van der Waals surface area contributed by atoms with Gasteiger partial charge in [-0.25, -0.2) is 9.36 Å². The van der Waals surface area contributed by atoms with E-state index in [0.29, 0.717) is 23.7 Å². The Bertz CT molecular complexity index is 1180. The molecule has 13 nitrogen and oxygen atoms in total. The van der Waals surface area contributed by atoms with Crippen LogP contribution in [0, 0.1) is 0 Å². The second-order valence-electron chi connectivity index (χ2n) is 8.08. The number of phenols is 1. The van der Waals surface area contributed by atoms with Crippen LogP contribution in [0.1, 0.15) is 25.0 Å². The van der Waals surface area contributed by atoms with Crippen molar-refractivity contribution in [1.29, 1.82) is 0 Å². The van der Waals surface area contributed by atoms with Crippen LogP contribution >= 0.6 is 7.82 Å². The van der Waals surface area contributed by atoms with Gasteiger partial charge in [-0.3, -0.25) is 14.6 Å². The molecule has 0 aromatic heterocycles. The predicted octanol–water partition coefficient (Wildman–Crippen LogP) is 1.03. The van der Waals surface area contributed by atoms with Crippen molar-refractivity contribution in [2.24, 2.45) is 5.73 Å². The maximum absolute atomic E-state index is 12.6. The second-order valence-corrected chi connectivity index (χ2v) is 9.24. The first-order chi connectivity index (χ1) is 16.8. The molecule has 3 atom stereocenters. The molecule has 1 amide bonds. The molecule has 2 aromatic carbocycles. The maximum Gasteiger partial charge on any atom is 0.524 e. The van der Waals surface area contributed by atoms with Crippen molar-refractivity contribution in [3.05, 3.63) is 47.5 Å². The summed E-state index contributed by atoms with van der Waals surface area (Å²) in [6.07, 6.45) is -0.160. The number of rotatable bonds is 11. The Labute approximate surface area is 206 Å². The van der Waals surface area contributed by atoms with E-state index in [-0.39, 0.29) is 18.4 Å². The summed E-state index contributed by atoms with van der Waals surface area (Å²) in [6.45, 7) is 3.80. The van der Waals surface area contributed by atoms with E-state index in [1.54, 1.807) is 32.0 Å². The van der Waals surface area contributed by atoms with Crippen LogP contribution in [-0.2, 0) is 31.7 Å². The molecule has 0 fully saturated rings. The molecule has 0 spiro atoms. The van der Waals surface area contributed by atoms with Crippen molar-refractivity contribution in [3.63, 3.8) is 0 Å². The molecule has 0 aliphatic carbocycles. The molecule has 14 heteroatoms. The molecule has 1 aliphatic heterocycles. The molecule has 1 heterocycles. The summed E-state index contributed by atoms with van der Waals surface area (Å²) >= 11 is 0. The van der Waals surface area contributed by atoms with Crippen molar-refractivity contribution >= 4 is 19.7 Å². The summed E-state index contributed by atoms with van der Waals surface area (Å²) in [5.41, 5.74) is 6.92. The van der Waals surface area contributed by atoms with Crippen molar-refractivity contribution in [2.45, 2.75) is 44.7 Å². The van der Waals surface area contributed by atoms with Crippen LogP contribution in [-0.4, -0.2) is 56.5 Å². The third-order valence-corrected chi connectivity index (χ3v) is 5.53. The number of benzene rings is 2. The molecular formula is C22H27N2O11P. The summed E-state index contributed by atoms with van der Waals surface area (Å²) in [6, 6.07) is 6.00. The van der Waals surface area contributed by atoms with Gasteiger partial charge in [0, 0.05) is 13.3 Å². The fourth-order valence-corrected chi connectivity index (χ4v) is 3.95. The Kier molecular flexibility index (Phi) is 8.12. The van der Waals surface area contributed by atoms with Gasteiger partial charge in [0.1, 0.15) is 6.04 Å². The van der Waals surface area contributed by atoms with Gasteiger partial charge in [-0.15, -0.1) is 0 Å². The molecule has 196 valence electrons. The normalized spacial score (nSPS) is 18.4. The van der Waals surface area contributed by atoms with Gasteiger partial charge in [0.15, 0.2) is 23.0 Å². The number of ether oxygens (including phenoxy) is 3. The number of amides is 1. The van der Waals surface area contributed by atoms with Crippen molar-refractivity contribution in [1.82, 2.24) is 5.32 Å². The lowest BCUT2D eigenvalue weighted by atomic mass is 10.0. The first-order valence-corrected chi connectivity index (χ1v) is 12.3. The minimum absolute atomic E-state index is 0.0787. The molecule has 0 saturated carbocycles. The summed E-state index contributed by atoms with van der Waals surface area (Å²) < 4.78 is 32.0. The van der Waals surface area contributed by atoms with Gasteiger partial charge >= 0.3 is 19.8 Å². The number of hydrogen-bond donors (Lipinski definition) is 6. The van der Waals surface area contributed by atoms with Crippen LogP contribution < -0.4 is 25.0 Å². The fraction of sp³-hybridized carbons (Fsp3) is 0.364. The van der Waals surface area contributed by atoms with E-state index in [9.17, 15) is 24.4 Å². The average molecular weight is 526 g/mol. The van der Waals surface area contributed by atoms with Gasteiger partial charge in [-0.05, 0) is 48.7 Å². The highest BCUT2D eigenvalue weighted by molar-refractivity contribution is 7.46. The number of nitrogens with one attached hydrogen (secondary N) is 1. The number of carboxylic acid groups (broad SMARTS) is 1. The summed E-state index contributed by atoms with van der Waals surface area (Å²) in [4.78, 5) is 42.0. The Hall–Kier alpha value is -3.35. The van der Waals surface area contributed by atoms with Gasteiger partial charge in [-0.2, -0.15) is 0 Å². The van der Waals surface area contributed by atoms with E-state index < -0.39 is 49.3 Å². The Balaban J connectivity index is 1.62. The number of aliphatic carboxylic acids is 1. The molecule has 0 radical (unpaired) electrons. The van der Waals surface area contributed by atoms with Crippen LogP contribution in [0.4, 0.5) is 0 Å². The number of carbonyl (C=O) groups is 2. The van der Waals surface area contributed by atoms with Crippen molar-refractivity contribution in [2.75, 3.05) is 6.61 Å². The van der Waals surface area contributed by atoms with Gasteiger partial charge in [-0.1, -0.05) is 12.1 Å². The third-order valence-electron chi connectivity index (χ3n) is 5.09. The number of phosphoric ester groups is 1. The number of fused-ring (bicyclic) bond motifs is 1. The number of phenolic OH excluding ortho intramolecular Hbond substituents is 1. The number of carboxylic acids is 1. The Morgan fingerprint density at radius 2 is 1.75 bits per heavy atom. The summed E-state index contributed by atoms with van der Waals surface area (Å²) in [7, 11) is -4.89. The molecule has 1 unspecified atom stereocenters. The first kappa shape index (κ1) is 27.2. The Morgan fingerprint density at radius 3 is 2.36 bits per heavy atom. The lowest BCUT2D eigenvalue weighted by Gasteiger charge is -2.21. The van der Waals surface area contributed by atoms with Crippen molar-refractivity contribution < 1.29 is 52.9 Å². The zero-order valence-electron chi connectivity index (χ0n) is 19.4. The highest BCUT2D eigenvalue weighted by Crippen LogP contribution is 2.42. The van der Waals surface area contributed by atoms with Crippen LogP contribution in [0.15, 0.2) is 36.4 Å². The topological polar surface area (TPSA) is 207 Å². The highest BCUT2D eigenvalue weighted by atomic mass is 31.2. The minimum Gasteiger partial charge on any atom is -0.504 e. The van der Waals surface area contributed by atoms with Crippen molar-refractivity contribution in [3.8, 4) is 23.0 Å². The average Bonchev–Trinajstić information content (AvgIpc) is 3.09. The van der Waals surface area contributed by atoms with E-state index in [4.69, 9.17) is 29.7 Å². The lowest BCUT2D eigenvalue weighted by Crippen LogP contribution is -2.50. The first-order valence-electron chi connectivity index (χ1n) is 10.8. The summed E-state index contributed by atoms with van der Waals surface area (Å²) in [5.74, 6) is -3.50. The molecule has 0 saturated heterocycles. The smallest absolute Gasteiger partial charge is 0.504 e. The molecular weight excluding hydrogens is 499 g/mol. The van der Waals surface area contributed by atoms with Crippen LogP contribution in [0.2, 0.25) is 0 Å². The van der Waals surface area contributed by atoms with E-state index in [0.717, 1.165) is 12.1 Å². The molecule has 1 aliphatic rings. The van der Waals surface area contributed by atoms with Crippen LogP contribution in [0.5, 0.6) is 23.0 Å². The number of phosphoric acid groups is 1. The summed E-state index contributed by atoms with van der Waals surface area (Å²) in [5, 5.41) is 21.8. The highest BCUT2D eigenvalue weighted by Gasteiger charge is 2.38. The van der Waals surface area contributed by atoms with Gasteiger partial charge < -0.3 is 40.0 Å². The monoisotopic (exact) mass is 526 g/mol. The fourth-order valence-electron chi connectivity index (χ4n) is 3.54. The van der Waals surface area contributed by atoms with Gasteiger partial charge in [0.25, 0.3) is 0 Å². The number of aromatic hydroxyl groups is 1. The third kappa shape index (κ3) is 7.09. The maximum atomic E-state index is 12.6. The van der Waals surface area contributed by atoms with Gasteiger partial charge in [0.05, 0.1) is 12.6 Å². The number of hydrogen-bond acceptors (Lipinski definition) is 9. The van der Waals surface area contributed by atoms with Crippen LogP contribution in [0.3, 0.4) is 0 Å². The second kappa shape index (κ2) is 10.7. The van der Waals surface area contributed by atoms with E-state index in [2.05, 4.69) is 9.84 Å². The quantitative estimate of drug-likeness (QED) is 0.227. The zero-order valence-corrected chi connectivity index (χ0v) is 20.3. The number of carbonyl (C=O) groups excluding carboxylic acids is 1. The lowest BCUT2D eigenvalue weighted by molar-refractivity contribution is -0.266. The van der Waals surface area contributed by atoms with E-state index >= 15 is 0 Å². The number of nitrogens with two attached hydrogens (primary N) is 1. The SMILES string of the molecule is CCOC1(C)Oc2ccc(C[C@H](N)C(=O)N[C@@H](Cc3ccc(OP(=O)(O)O)c(O)c3)C(=O)O)cc2O1. The van der Waals surface area contributed by atoms with E-state index in [1.807, 2.05) is 0 Å². The molecule has 36 heavy (non-hydrogen) atoms. The molecule has 0 bridgehead atoms. The minimum atomic E-state index is -4.89. The standard InChI is InChI=1S/C22H27N2O11P/c1-3-32-22(2)33-18-7-5-12(11-19(18)34-22)8-14(23)20(26)24-15(21(27)28)9-13-4-6-17(16(25)10-13)35-36(29,30)31/h4-7,10-11,14-15,25H,3,8-9,23H2,1-2H3,(H,24,26)(H,27,28)(H2,29,30,31)/t14-,15-,22?/m0/s1. The Morgan fingerprint density at radius 1 is 1.11 bits per heavy atom.